The predicted octanol–water partition coefficient (Wildman–Crippen LogP) is 5.10. The number of fused-ring (bicyclic) bond motifs is 1. The molecule has 8 nitrogen and oxygen atoms in total. The molecule has 0 fully saturated rings. The summed E-state index contributed by atoms with van der Waals surface area (Å²) in [7, 11) is 4.53. The summed E-state index contributed by atoms with van der Waals surface area (Å²) in [4.78, 5) is 27.3. The van der Waals surface area contributed by atoms with Crippen molar-refractivity contribution in [3.63, 3.8) is 0 Å². The summed E-state index contributed by atoms with van der Waals surface area (Å²) in [5, 5.41) is 0. The topological polar surface area (TPSA) is 83.5 Å². The second kappa shape index (κ2) is 11.9. The molecule has 0 unspecified atom stereocenters. The van der Waals surface area contributed by atoms with Gasteiger partial charge < -0.3 is 28.6 Å². The zero-order valence-corrected chi connectivity index (χ0v) is 22.4. The van der Waals surface area contributed by atoms with Crippen LogP contribution in [-0.2, 0) is 11.2 Å². The fourth-order valence-electron chi connectivity index (χ4n) is 4.55. The minimum absolute atomic E-state index is 0.0466. The van der Waals surface area contributed by atoms with Crippen LogP contribution in [0.2, 0.25) is 0 Å². The van der Waals surface area contributed by atoms with Crippen LogP contribution in [-0.4, -0.2) is 57.4 Å². The summed E-state index contributed by atoms with van der Waals surface area (Å²) >= 11 is 0. The third kappa shape index (κ3) is 5.85. The Bertz CT molecular complexity index is 1270. The molecule has 0 bridgehead atoms. The first-order valence-corrected chi connectivity index (χ1v) is 12.5. The highest BCUT2D eigenvalue weighted by Crippen LogP contribution is 2.39. The molecule has 0 radical (unpaired) electrons. The van der Waals surface area contributed by atoms with E-state index >= 15 is 0 Å². The van der Waals surface area contributed by atoms with Crippen LogP contribution in [0.5, 0.6) is 23.0 Å². The Kier molecular flexibility index (Phi) is 8.41. The van der Waals surface area contributed by atoms with Crippen molar-refractivity contribution in [2.45, 2.75) is 32.4 Å². The Morgan fingerprint density at radius 3 is 2.08 bits per heavy atom. The quantitative estimate of drug-likeness (QED) is 0.364. The first kappa shape index (κ1) is 26.9. The van der Waals surface area contributed by atoms with Crippen LogP contribution in [0.15, 0.2) is 60.7 Å². The molecule has 1 heterocycles. The van der Waals surface area contributed by atoms with Gasteiger partial charge in [-0.25, -0.2) is 4.79 Å². The molecule has 0 aliphatic carbocycles. The Balaban J connectivity index is 1.63. The van der Waals surface area contributed by atoms with E-state index in [0.29, 0.717) is 47.1 Å². The maximum absolute atomic E-state index is 13.7. The first-order valence-electron chi connectivity index (χ1n) is 12.5. The number of hydrogen-bond donors (Lipinski definition) is 0. The lowest BCUT2D eigenvalue weighted by atomic mass is 9.91. The molecular formula is C30H33NO7. The molecule has 0 aromatic heterocycles. The zero-order valence-electron chi connectivity index (χ0n) is 22.4. The van der Waals surface area contributed by atoms with Crippen LogP contribution >= 0.6 is 0 Å². The number of nitrogens with zero attached hydrogens (tertiary/aromatic N) is 1. The van der Waals surface area contributed by atoms with Crippen LogP contribution in [0.3, 0.4) is 0 Å². The molecule has 0 spiro atoms. The van der Waals surface area contributed by atoms with Crippen molar-refractivity contribution in [1.82, 2.24) is 4.90 Å². The number of carbonyl (C=O) groups excluding carboxylic acids is 2. The molecular weight excluding hydrogens is 486 g/mol. The van der Waals surface area contributed by atoms with E-state index in [1.165, 1.54) is 7.11 Å². The molecule has 0 saturated carbocycles. The molecule has 1 aliphatic heterocycles. The first-order chi connectivity index (χ1) is 18.3. The zero-order chi connectivity index (χ0) is 27.2. The summed E-state index contributed by atoms with van der Waals surface area (Å²) in [6, 6.07) is 17.4. The maximum atomic E-state index is 13.7. The van der Waals surface area contributed by atoms with Gasteiger partial charge in [-0.05, 0) is 92.1 Å². The summed E-state index contributed by atoms with van der Waals surface area (Å²) in [5.74, 6) is 2.00. The van der Waals surface area contributed by atoms with E-state index in [1.807, 2.05) is 43.0 Å². The molecule has 0 N–H and O–H groups in total. The molecule has 8 heteroatoms. The lowest BCUT2D eigenvalue weighted by molar-refractivity contribution is 0.0582. The van der Waals surface area contributed by atoms with Gasteiger partial charge in [-0.1, -0.05) is 0 Å². The minimum atomic E-state index is -0.416. The van der Waals surface area contributed by atoms with Gasteiger partial charge >= 0.3 is 5.97 Å². The Morgan fingerprint density at radius 2 is 1.47 bits per heavy atom. The second-order valence-electron chi connectivity index (χ2n) is 9.19. The molecule has 200 valence electrons. The van der Waals surface area contributed by atoms with E-state index in [1.54, 1.807) is 50.6 Å². The van der Waals surface area contributed by atoms with Crippen LogP contribution < -0.4 is 18.9 Å². The van der Waals surface area contributed by atoms with Crippen molar-refractivity contribution in [2.24, 2.45) is 0 Å². The van der Waals surface area contributed by atoms with Gasteiger partial charge in [-0.3, -0.25) is 4.79 Å². The van der Waals surface area contributed by atoms with E-state index in [9.17, 15) is 9.59 Å². The monoisotopic (exact) mass is 519 g/mol. The number of rotatable bonds is 9. The third-order valence-electron chi connectivity index (χ3n) is 6.42. The molecule has 0 saturated heterocycles. The number of methoxy groups -OCH3 is 3. The van der Waals surface area contributed by atoms with E-state index < -0.39 is 5.97 Å². The third-order valence-corrected chi connectivity index (χ3v) is 6.42. The predicted molar refractivity (Wildman–Crippen MR) is 143 cm³/mol. The van der Waals surface area contributed by atoms with E-state index in [-0.39, 0.29) is 24.7 Å². The van der Waals surface area contributed by atoms with Crippen LogP contribution in [0.25, 0.3) is 0 Å². The number of carbonyl (C=O) groups is 2. The Hall–Kier alpha value is -4.20. The Labute approximate surface area is 223 Å². The van der Waals surface area contributed by atoms with E-state index in [4.69, 9.17) is 23.7 Å². The van der Waals surface area contributed by atoms with Gasteiger partial charge in [0, 0.05) is 12.1 Å². The Morgan fingerprint density at radius 1 is 0.868 bits per heavy atom. The largest absolute Gasteiger partial charge is 0.493 e. The molecule has 38 heavy (non-hydrogen) atoms. The molecule has 1 amide bonds. The molecule has 1 aliphatic rings. The summed E-state index contributed by atoms with van der Waals surface area (Å²) < 4.78 is 27.7. The van der Waals surface area contributed by atoms with Gasteiger partial charge in [0.25, 0.3) is 5.91 Å². The number of hydrogen-bond acceptors (Lipinski definition) is 7. The summed E-state index contributed by atoms with van der Waals surface area (Å²) in [5.41, 5.74) is 3.01. The highest BCUT2D eigenvalue weighted by atomic mass is 16.5. The van der Waals surface area contributed by atoms with Crippen molar-refractivity contribution in [3.8, 4) is 23.0 Å². The van der Waals surface area contributed by atoms with Gasteiger partial charge in [0.2, 0.25) is 0 Å². The molecule has 4 rings (SSSR count). The van der Waals surface area contributed by atoms with Crippen LogP contribution in [0.1, 0.15) is 51.7 Å². The standard InChI is InChI=1S/C30H33NO7/c1-19(2)38-24-12-6-20(7-13-24)29(32)31-15-14-22-16-27(34-3)28(35-4)17-25(22)26(31)18-37-23-10-8-21(9-11-23)30(33)36-5/h6-13,16-17,19,26H,14-15,18H2,1-5H3/t26-/m0/s1. The summed E-state index contributed by atoms with van der Waals surface area (Å²) in [6.07, 6.45) is 0.714. The van der Waals surface area contributed by atoms with Crippen LogP contribution in [0.4, 0.5) is 0 Å². The van der Waals surface area contributed by atoms with E-state index in [0.717, 1.165) is 11.1 Å². The minimum Gasteiger partial charge on any atom is -0.493 e. The number of benzene rings is 3. The fraction of sp³-hybridized carbons (Fsp3) is 0.333. The fourth-order valence-corrected chi connectivity index (χ4v) is 4.55. The van der Waals surface area contributed by atoms with Crippen molar-refractivity contribution >= 4 is 11.9 Å². The van der Waals surface area contributed by atoms with Gasteiger partial charge in [-0.15, -0.1) is 0 Å². The molecule has 1 atom stereocenters. The highest BCUT2D eigenvalue weighted by Gasteiger charge is 2.33. The average Bonchev–Trinajstić information content (AvgIpc) is 2.94. The van der Waals surface area contributed by atoms with Crippen molar-refractivity contribution in [3.05, 3.63) is 82.9 Å². The highest BCUT2D eigenvalue weighted by molar-refractivity contribution is 5.95. The maximum Gasteiger partial charge on any atom is 0.337 e. The smallest absolute Gasteiger partial charge is 0.337 e. The normalized spacial score (nSPS) is 14.5. The van der Waals surface area contributed by atoms with Crippen molar-refractivity contribution in [1.29, 1.82) is 0 Å². The average molecular weight is 520 g/mol. The number of amides is 1. The van der Waals surface area contributed by atoms with Gasteiger partial charge in [0.1, 0.15) is 18.1 Å². The SMILES string of the molecule is COC(=O)c1ccc(OC[C@H]2c3cc(OC)c(OC)cc3CCN2C(=O)c2ccc(OC(C)C)cc2)cc1. The van der Waals surface area contributed by atoms with Gasteiger partial charge in [-0.2, -0.15) is 0 Å². The number of esters is 1. The van der Waals surface area contributed by atoms with Crippen molar-refractivity contribution < 1.29 is 33.3 Å². The van der Waals surface area contributed by atoms with E-state index in [2.05, 4.69) is 0 Å². The molecule has 3 aromatic carbocycles. The van der Waals surface area contributed by atoms with Gasteiger partial charge in [0.05, 0.1) is 39.0 Å². The lowest BCUT2D eigenvalue weighted by Gasteiger charge is -2.37. The molecule has 3 aromatic rings. The summed E-state index contributed by atoms with van der Waals surface area (Å²) in [6.45, 7) is 4.64. The second-order valence-corrected chi connectivity index (χ2v) is 9.19. The lowest BCUT2D eigenvalue weighted by Crippen LogP contribution is -2.42. The van der Waals surface area contributed by atoms with Crippen molar-refractivity contribution in [2.75, 3.05) is 34.5 Å². The number of ether oxygens (including phenoxy) is 5. The van der Waals surface area contributed by atoms with Gasteiger partial charge in [0.15, 0.2) is 11.5 Å². The van der Waals surface area contributed by atoms with Crippen LogP contribution in [0, 0.1) is 0 Å².